The van der Waals surface area contributed by atoms with Crippen molar-refractivity contribution >= 4 is 29.8 Å². The summed E-state index contributed by atoms with van der Waals surface area (Å²) in [4.78, 5) is 11.1. The van der Waals surface area contributed by atoms with Crippen LogP contribution in [0.2, 0.25) is 0 Å². The van der Waals surface area contributed by atoms with Crippen LogP contribution in [0.5, 0.6) is 0 Å². The minimum atomic E-state index is -0.754. The molecule has 0 saturated heterocycles. The molecule has 3 aromatic rings. The number of rotatable bonds is 6. The Kier molecular flexibility index (Phi) is 5.85. The minimum absolute atomic E-state index is 0.154. The van der Waals surface area contributed by atoms with Gasteiger partial charge in [-0.15, -0.1) is 0 Å². The van der Waals surface area contributed by atoms with Crippen LogP contribution in [-0.2, 0) is 11.2 Å². The van der Waals surface area contributed by atoms with Crippen molar-refractivity contribution in [3.63, 3.8) is 0 Å². The van der Waals surface area contributed by atoms with Crippen molar-refractivity contribution in [3.8, 4) is 0 Å². The van der Waals surface area contributed by atoms with Gasteiger partial charge in [-0.05, 0) is 60.8 Å². The van der Waals surface area contributed by atoms with Gasteiger partial charge in [-0.2, -0.15) is 0 Å². The van der Waals surface area contributed by atoms with Gasteiger partial charge in [0, 0.05) is 6.42 Å². The Morgan fingerprint density at radius 2 is 1.23 bits per heavy atom. The van der Waals surface area contributed by atoms with Crippen molar-refractivity contribution in [2.24, 2.45) is 0 Å². The molecule has 0 aliphatic heterocycles. The van der Waals surface area contributed by atoms with Gasteiger partial charge in [0.1, 0.15) is 0 Å². The highest BCUT2D eigenvalue weighted by atomic mass is 31.1. The van der Waals surface area contributed by atoms with Crippen molar-refractivity contribution in [2.45, 2.75) is 26.7 Å². The van der Waals surface area contributed by atoms with Crippen LogP contribution in [0.1, 0.15) is 23.1 Å². The lowest BCUT2D eigenvalue weighted by Gasteiger charge is -2.25. The van der Waals surface area contributed by atoms with Crippen LogP contribution < -0.4 is 15.9 Å². The fourth-order valence-electron chi connectivity index (χ4n) is 3.20. The fourth-order valence-corrected chi connectivity index (χ4v) is 6.01. The molecule has 3 aromatic carbocycles. The number of benzene rings is 3. The van der Waals surface area contributed by atoms with Gasteiger partial charge in [-0.3, -0.25) is 4.79 Å². The summed E-state index contributed by atoms with van der Waals surface area (Å²) in [6.07, 6.45) is 0.712. The van der Waals surface area contributed by atoms with Gasteiger partial charge in [-0.1, -0.05) is 72.8 Å². The first-order chi connectivity index (χ1) is 12.6. The van der Waals surface area contributed by atoms with E-state index in [1.165, 1.54) is 27.0 Å². The molecule has 0 heterocycles. The average molecular weight is 362 g/mol. The van der Waals surface area contributed by atoms with E-state index in [1.807, 2.05) is 6.07 Å². The molecule has 0 bridgehead atoms. The second-order valence-corrected chi connectivity index (χ2v) is 8.55. The first kappa shape index (κ1) is 18.4. The summed E-state index contributed by atoms with van der Waals surface area (Å²) in [6, 6.07) is 25.4. The molecule has 0 fully saturated rings. The van der Waals surface area contributed by atoms with Gasteiger partial charge in [0.15, 0.2) is 0 Å². The summed E-state index contributed by atoms with van der Waals surface area (Å²) >= 11 is 0. The minimum Gasteiger partial charge on any atom is -0.481 e. The van der Waals surface area contributed by atoms with E-state index in [1.54, 1.807) is 0 Å². The number of aryl methyl sites for hydroxylation is 3. The molecule has 3 rings (SSSR count). The molecule has 0 saturated carbocycles. The Hall–Kier alpha value is -2.44. The lowest BCUT2D eigenvalue weighted by Crippen LogP contribution is -2.26. The molecule has 132 valence electrons. The highest BCUT2D eigenvalue weighted by molar-refractivity contribution is 7.80. The van der Waals surface area contributed by atoms with Crippen molar-refractivity contribution in [1.82, 2.24) is 0 Å². The maximum absolute atomic E-state index is 11.1. The number of carbonyl (C=O) groups is 1. The normalized spacial score (nSPS) is 10.9. The van der Waals surface area contributed by atoms with Crippen molar-refractivity contribution in [3.05, 3.63) is 89.5 Å². The molecule has 1 N–H and O–H groups in total. The summed E-state index contributed by atoms with van der Waals surface area (Å²) < 4.78 is 0. The van der Waals surface area contributed by atoms with E-state index in [4.69, 9.17) is 5.11 Å². The van der Waals surface area contributed by atoms with E-state index >= 15 is 0 Å². The molecule has 2 nitrogen and oxygen atoms in total. The number of hydrogen-bond acceptors (Lipinski definition) is 1. The van der Waals surface area contributed by atoms with Gasteiger partial charge in [0.2, 0.25) is 0 Å². The molecule has 3 heteroatoms. The third-order valence-electron chi connectivity index (χ3n) is 4.55. The Morgan fingerprint density at radius 1 is 0.769 bits per heavy atom. The third-order valence-corrected chi connectivity index (χ3v) is 7.44. The van der Waals surface area contributed by atoms with Crippen LogP contribution in [0.3, 0.4) is 0 Å². The highest BCUT2D eigenvalue weighted by Crippen LogP contribution is 2.36. The second kappa shape index (κ2) is 8.29. The van der Waals surface area contributed by atoms with Crippen molar-refractivity contribution < 1.29 is 9.90 Å². The summed E-state index contributed by atoms with van der Waals surface area (Å²) in [5, 5.41) is 13.1. The van der Waals surface area contributed by atoms with Crippen molar-refractivity contribution in [2.75, 3.05) is 0 Å². The van der Waals surface area contributed by atoms with Gasteiger partial charge >= 0.3 is 5.97 Å². The Labute approximate surface area is 156 Å². The molecule has 0 atom stereocenters. The van der Waals surface area contributed by atoms with E-state index < -0.39 is 13.9 Å². The molecule has 0 aliphatic rings. The zero-order chi connectivity index (χ0) is 18.5. The molecule has 26 heavy (non-hydrogen) atoms. The van der Waals surface area contributed by atoms with Gasteiger partial charge in [0.25, 0.3) is 0 Å². The predicted octanol–water partition coefficient (Wildman–Crippen LogP) is 4.08. The van der Waals surface area contributed by atoms with Gasteiger partial charge in [0.05, 0.1) is 0 Å². The first-order valence-electron chi connectivity index (χ1n) is 8.79. The summed E-state index contributed by atoms with van der Waals surface area (Å²) in [7, 11) is -0.732. The van der Waals surface area contributed by atoms with Gasteiger partial charge < -0.3 is 5.11 Å². The average Bonchev–Trinajstić information content (AvgIpc) is 2.64. The summed E-state index contributed by atoms with van der Waals surface area (Å²) in [5.41, 5.74) is 3.68. The summed E-state index contributed by atoms with van der Waals surface area (Å²) in [6.45, 7) is 4.31. The first-order valence-corrected chi connectivity index (χ1v) is 10.1. The number of aliphatic carboxylic acids is 1. The SMILES string of the molecule is Cc1ccccc1P(c1ccccc1C)c1ccccc1CCC(=O)O. The van der Waals surface area contributed by atoms with E-state index in [-0.39, 0.29) is 6.42 Å². The molecule has 0 aromatic heterocycles. The zero-order valence-electron chi connectivity index (χ0n) is 15.1. The highest BCUT2D eigenvalue weighted by Gasteiger charge is 2.22. The predicted molar refractivity (Wildman–Crippen MR) is 111 cm³/mol. The van der Waals surface area contributed by atoms with Crippen LogP contribution in [0.4, 0.5) is 0 Å². The number of carboxylic acids is 1. The maximum Gasteiger partial charge on any atom is 0.303 e. The Balaban J connectivity index is 2.18. The van der Waals surface area contributed by atoms with Crippen LogP contribution in [0.15, 0.2) is 72.8 Å². The molecule has 0 aliphatic carbocycles. The van der Waals surface area contributed by atoms with E-state index in [9.17, 15) is 4.79 Å². The largest absolute Gasteiger partial charge is 0.481 e. The molecule has 0 spiro atoms. The number of carboxylic acid groups (broad SMARTS) is 1. The lowest BCUT2D eigenvalue weighted by atomic mass is 10.1. The standard InChI is InChI=1S/C23H23O2P/c1-17-9-3-6-12-20(17)26(21-13-7-4-10-18(21)2)22-14-8-5-11-19(22)15-16-23(24)25/h3-14H,15-16H2,1-2H3,(H,24,25). The second-order valence-electron chi connectivity index (χ2n) is 6.43. The Bertz CT molecular complexity index is 872. The molecule has 0 unspecified atom stereocenters. The lowest BCUT2D eigenvalue weighted by molar-refractivity contribution is -0.136. The van der Waals surface area contributed by atoms with Crippen molar-refractivity contribution in [1.29, 1.82) is 0 Å². The molecular weight excluding hydrogens is 339 g/mol. The maximum atomic E-state index is 11.1. The molecule has 0 amide bonds. The van der Waals surface area contributed by atoms with E-state index in [0.717, 1.165) is 5.56 Å². The fraction of sp³-hybridized carbons (Fsp3) is 0.174. The topological polar surface area (TPSA) is 37.3 Å². The third kappa shape index (κ3) is 4.03. The van der Waals surface area contributed by atoms with Crippen LogP contribution >= 0.6 is 7.92 Å². The van der Waals surface area contributed by atoms with Crippen LogP contribution in [-0.4, -0.2) is 11.1 Å². The van der Waals surface area contributed by atoms with Gasteiger partial charge in [-0.25, -0.2) is 0 Å². The van der Waals surface area contributed by atoms with Crippen LogP contribution in [0, 0.1) is 13.8 Å². The van der Waals surface area contributed by atoms with Crippen LogP contribution in [0.25, 0.3) is 0 Å². The zero-order valence-corrected chi connectivity index (χ0v) is 16.0. The number of hydrogen-bond donors (Lipinski definition) is 1. The Morgan fingerprint density at radius 3 is 1.73 bits per heavy atom. The summed E-state index contributed by atoms with van der Waals surface area (Å²) in [5.74, 6) is -0.754. The van der Waals surface area contributed by atoms with E-state index in [0.29, 0.717) is 6.42 Å². The quantitative estimate of drug-likeness (QED) is 0.671. The monoisotopic (exact) mass is 362 g/mol. The van der Waals surface area contributed by atoms with E-state index in [2.05, 4.69) is 80.6 Å². The molecule has 0 radical (unpaired) electrons. The molecular formula is C23H23O2P. The smallest absolute Gasteiger partial charge is 0.303 e.